The fraction of sp³-hybridized carbons (Fsp3) is 0.111. The van der Waals surface area contributed by atoms with Crippen LogP contribution in [0.5, 0.6) is 0 Å². The smallest absolute Gasteiger partial charge is 0.305 e. The van der Waals surface area contributed by atoms with Crippen molar-refractivity contribution in [1.82, 2.24) is 5.32 Å². The number of nitrogens with one attached hydrogen (secondary N) is 1. The Labute approximate surface area is 128 Å². The number of benzene rings is 2. The van der Waals surface area contributed by atoms with Gasteiger partial charge in [0.05, 0.1) is 12.5 Å². The Bertz CT molecular complexity index is 699. The number of rotatable bonds is 4. The minimum absolute atomic E-state index is 0.192. The van der Waals surface area contributed by atoms with Crippen molar-refractivity contribution < 1.29 is 14.7 Å². The van der Waals surface area contributed by atoms with E-state index in [0.29, 0.717) is 0 Å². The van der Waals surface area contributed by atoms with Gasteiger partial charge in [0.15, 0.2) is 0 Å². The largest absolute Gasteiger partial charge is 0.481 e. The first-order valence-electron chi connectivity index (χ1n) is 6.79. The highest BCUT2D eigenvalue weighted by Gasteiger charge is 2.16. The van der Waals surface area contributed by atoms with E-state index in [-0.39, 0.29) is 6.42 Å². The van der Waals surface area contributed by atoms with Crippen LogP contribution in [0.25, 0.3) is 0 Å². The molecular formula is C18H15NO3. The van der Waals surface area contributed by atoms with E-state index >= 15 is 0 Å². The van der Waals surface area contributed by atoms with E-state index in [1.54, 1.807) is 36.4 Å². The highest BCUT2D eigenvalue weighted by Crippen LogP contribution is 2.16. The van der Waals surface area contributed by atoms with Crippen LogP contribution in [0.2, 0.25) is 0 Å². The second kappa shape index (κ2) is 7.65. The van der Waals surface area contributed by atoms with Crippen LogP contribution >= 0.6 is 0 Å². The van der Waals surface area contributed by atoms with E-state index in [9.17, 15) is 9.59 Å². The summed E-state index contributed by atoms with van der Waals surface area (Å²) in [6.07, 6.45) is -0.192. The number of hydrogen-bond donors (Lipinski definition) is 2. The van der Waals surface area contributed by atoms with Gasteiger partial charge in [-0.3, -0.25) is 9.59 Å². The van der Waals surface area contributed by atoms with E-state index in [1.165, 1.54) is 0 Å². The molecule has 0 bridgehead atoms. The van der Waals surface area contributed by atoms with Crippen molar-refractivity contribution in [3.05, 3.63) is 71.8 Å². The Kier molecular flexibility index (Phi) is 5.33. The molecule has 0 aliphatic heterocycles. The summed E-state index contributed by atoms with van der Waals surface area (Å²) in [7, 11) is 0. The van der Waals surface area contributed by atoms with Crippen molar-refractivity contribution in [2.75, 3.05) is 0 Å². The number of carbonyl (C=O) groups is 2. The third-order valence-corrected chi connectivity index (χ3v) is 2.98. The third-order valence-electron chi connectivity index (χ3n) is 2.98. The summed E-state index contributed by atoms with van der Waals surface area (Å²) in [6.45, 7) is 0. The molecule has 0 unspecified atom stereocenters. The van der Waals surface area contributed by atoms with Gasteiger partial charge in [-0.1, -0.05) is 54.5 Å². The van der Waals surface area contributed by atoms with Gasteiger partial charge in [0, 0.05) is 11.5 Å². The molecule has 0 radical (unpaired) electrons. The van der Waals surface area contributed by atoms with E-state index in [1.807, 2.05) is 24.3 Å². The van der Waals surface area contributed by atoms with Crippen LogP contribution in [0.3, 0.4) is 0 Å². The molecule has 0 aromatic heterocycles. The van der Waals surface area contributed by atoms with Crippen LogP contribution in [-0.2, 0) is 9.59 Å². The fourth-order valence-corrected chi connectivity index (χ4v) is 1.96. The van der Waals surface area contributed by atoms with Gasteiger partial charge in [0.2, 0.25) is 0 Å². The van der Waals surface area contributed by atoms with Crippen molar-refractivity contribution >= 4 is 11.9 Å². The molecule has 0 heterocycles. The predicted molar refractivity (Wildman–Crippen MR) is 82.9 cm³/mol. The zero-order chi connectivity index (χ0) is 15.8. The van der Waals surface area contributed by atoms with Crippen molar-refractivity contribution in [2.45, 2.75) is 12.5 Å². The van der Waals surface area contributed by atoms with E-state index in [2.05, 4.69) is 17.2 Å². The standard InChI is InChI=1S/C18H15NO3/c20-17(12-11-14-7-3-1-4-8-14)19-16(13-18(21)22)15-9-5-2-6-10-15/h1-10,16H,13H2,(H,19,20)(H,21,22)/t16-/m0/s1. The van der Waals surface area contributed by atoms with Crippen LogP contribution in [0.15, 0.2) is 60.7 Å². The van der Waals surface area contributed by atoms with Crippen LogP contribution in [-0.4, -0.2) is 17.0 Å². The SMILES string of the molecule is O=C(O)C[C@H](NC(=O)C#Cc1ccccc1)c1ccccc1. The molecule has 1 atom stereocenters. The van der Waals surface area contributed by atoms with Gasteiger partial charge in [-0.15, -0.1) is 0 Å². The lowest BCUT2D eigenvalue weighted by molar-refractivity contribution is -0.137. The zero-order valence-corrected chi connectivity index (χ0v) is 11.8. The Morgan fingerprint density at radius 2 is 1.59 bits per heavy atom. The van der Waals surface area contributed by atoms with Crippen LogP contribution < -0.4 is 5.32 Å². The molecule has 1 amide bonds. The lowest BCUT2D eigenvalue weighted by Crippen LogP contribution is -2.29. The van der Waals surface area contributed by atoms with Gasteiger partial charge in [-0.25, -0.2) is 0 Å². The summed E-state index contributed by atoms with van der Waals surface area (Å²) in [5, 5.41) is 11.6. The Morgan fingerprint density at radius 3 is 2.18 bits per heavy atom. The molecule has 0 aliphatic carbocycles. The first kappa shape index (κ1) is 15.3. The van der Waals surface area contributed by atoms with Gasteiger partial charge in [-0.05, 0) is 17.7 Å². The maximum Gasteiger partial charge on any atom is 0.305 e. The van der Waals surface area contributed by atoms with Crippen LogP contribution in [0.1, 0.15) is 23.6 Å². The lowest BCUT2D eigenvalue weighted by Gasteiger charge is -2.15. The molecule has 4 nitrogen and oxygen atoms in total. The molecule has 110 valence electrons. The summed E-state index contributed by atoms with van der Waals surface area (Å²) in [6, 6.07) is 17.5. The van der Waals surface area contributed by atoms with Crippen molar-refractivity contribution in [1.29, 1.82) is 0 Å². The Balaban J connectivity index is 2.09. The van der Waals surface area contributed by atoms with Crippen molar-refractivity contribution in [2.24, 2.45) is 0 Å². The summed E-state index contributed by atoms with van der Waals surface area (Å²) in [4.78, 5) is 22.9. The molecule has 2 rings (SSSR count). The minimum Gasteiger partial charge on any atom is -0.481 e. The average molecular weight is 293 g/mol. The molecule has 4 heteroatoms. The van der Waals surface area contributed by atoms with Crippen LogP contribution in [0, 0.1) is 11.8 Å². The quantitative estimate of drug-likeness (QED) is 0.851. The number of hydrogen-bond acceptors (Lipinski definition) is 2. The topological polar surface area (TPSA) is 66.4 Å². The molecule has 2 aromatic carbocycles. The van der Waals surface area contributed by atoms with E-state index in [4.69, 9.17) is 5.11 Å². The van der Waals surface area contributed by atoms with Gasteiger partial charge in [0.1, 0.15) is 0 Å². The molecule has 0 fully saturated rings. The molecule has 0 spiro atoms. The molecule has 0 aliphatic rings. The van der Waals surface area contributed by atoms with Crippen molar-refractivity contribution in [3.8, 4) is 11.8 Å². The molecule has 0 saturated heterocycles. The van der Waals surface area contributed by atoms with Gasteiger partial charge in [-0.2, -0.15) is 0 Å². The van der Waals surface area contributed by atoms with Gasteiger partial charge in [0.25, 0.3) is 5.91 Å². The number of carboxylic acid groups (broad SMARTS) is 1. The summed E-state index contributed by atoms with van der Waals surface area (Å²) in [5.74, 6) is 3.74. The Morgan fingerprint density at radius 1 is 1.00 bits per heavy atom. The molecule has 22 heavy (non-hydrogen) atoms. The number of amides is 1. The zero-order valence-electron chi connectivity index (χ0n) is 11.8. The first-order valence-corrected chi connectivity index (χ1v) is 6.79. The molecular weight excluding hydrogens is 278 g/mol. The van der Waals surface area contributed by atoms with Crippen LogP contribution in [0.4, 0.5) is 0 Å². The average Bonchev–Trinajstić information content (AvgIpc) is 2.54. The minimum atomic E-state index is -0.981. The fourth-order valence-electron chi connectivity index (χ4n) is 1.96. The highest BCUT2D eigenvalue weighted by molar-refractivity contribution is 5.94. The summed E-state index contributed by atoms with van der Waals surface area (Å²) in [5.41, 5.74) is 1.46. The second-order valence-electron chi connectivity index (χ2n) is 4.65. The lowest BCUT2D eigenvalue weighted by atomic mass is 10.0. The summed E-state index contributed by atoms with van der Waals surface area (Å²) < 4.78 is 0. The normalized spacial score (nSPS) is 10.9. The maximum absolute atomic E-state index is 11.9. The molecule has 0 saturated carbocycles. The predicted octanol–water partition coefficient (Wildman–Crippen LogP) is 2.37. The Hall–Kier alpha value is -3.06. The monoisotopic (exact) mass is 293 g/mol. The number of carbonyl (C=O) groups excluding carboxylic acids is 1. The summed E-state index contributed by atoms with van der Waals surface area (Å²) >= 11 is 0. The molecule has 2 aromatic rings. The highest BCUT2D eigenvalue weighted by atomic mass is 16.4. The number of carboxylic acids is 1. The van der Waals surface area contributed by atoms with Gasteiger partial charge >= 0.3 is 5.97 Å². The van der Waals surface area contributed by atoms with E-state index < -0.39 is 17.9 Å². The maximum atomic E-state index is 11.9. The third kappa shape index (κ3) is 4.80. The van der Waals surface area contributed by atoms with E-state index in [0.717, 1.165) is 11.1 Å². The van der Waals surface area contributed by atoms with Gasteiger partial charge < -0.3 is 10.4 Å². The molecule has 2 N–H and O–H groups in total. The second-order valence-corrected chi connectivity index (χ2v) is 4.65. The number of aliphatic carboxylic acids is 1. The first-order chi connectivity index (χ1) is 10.6. The van der Waals surface area contributed by atoms with Crippen molar-refractivity contribution in [3.63, 3.8) is 0 Å².